The third-order valence-electron chi connectivity index (χ3n) is 3.48. The second-order valence-corrected chi connectivity index (χ2v) is 5.05. The molecular formula is C19H21NO3. The minimum Gasteiger partial charge on any atom is -0.467 e. The highest BCUT2D eigenvalue weighted by molar-refractivity contribution is 5.79. The summed E-state index contributed by atoms with van der Waals surface area (Å²) in [5.41, 5.74) is 0.906. The number of rotatable bonds is 7. The molecule has 0 bridgehead atoms. The molecular weight excluding hydrogens is 290 g/mol. The van der Waals surface area contributed by atoms with Crippen LogP contribution in [0.25, 0.3) is 0 Å². The smallest absolute Gasteiger partial charge is 0.328 e. The lowest BCUT2D eigenvalue weighted by Crippen LogP contribution is -2.39. The highest BCUT2D eigenvalue weighted by atomic mass is 16.5. The number of carbonyl (C=O) groups is 1. The summed E-state index contributed by atoms with van der Waals surface area (Å²) >= 11 is 0. The van der Waals surface area contributed by atoms with Gasteiger partial charge >= 0.3 is 5.97 Å². The third-order valence-corrected chi connectivity index (χ3v) is 3.48. The number of anilines is 1. The van der Waals surface area contributed by atoms with Gasteiger partial charge in [-0.1, -0.05) is 24.3 Å². The number of nitrogens with zero attached hydrogens (tertiary/aromatic N) is 1. The fourth-order valence-electron chi connectivity index (χ4n) is 2.25. The van der Waals surface area contributed by atoms with Crippen molar-refractivity contribution in [2.24, 2.45) is 0 Å². The molecule has 0 fully saturated rings. The zero-order chi connectivity index (χ0) is 16.7. The summed E-state index contributed by atoms with van der Waals surface area (Å²) < 4.78 is 10.6. The Hall–Kier alpha value is -2.75. The molecule has 23 heavy (non-hydrogen) atoms. The number of hydrogen-bond acceptors (Lipinski definition) is 4. The van der Waals surface area contributed by atoms with Crippen molar-refractivity contribution in [3.05, 3.63) is 67.3 Å². The molecule has 4 nitrogen and oxygen atoms in total. The van der Waals surface area contributed by atoms with Crippen LogP contribution in [-0.2, 0) is 9.53 Å². The maximum Gasteiger partial charge on any atom is 0.328 e. The van der Waals surface area contributed by atoms with Crippen molar-refractivity contribution >= 4 is 11.7 Å². The molecule has 0 aliphatic heterocycles. The van der Waals surface area contributed by atoms with Crippen molar-refractivity contribution in [2.45, 2.75) is 13.0 Å². The first kappa shape index (κ1) is 16.6. The number of hydrogen-bond donors (Lipinski definition) is 0. The van der Waals surface area contributed by atoms with Gasteiger partial charge in [0.15, 0.2) is 0 Å². The molecule has 0 heterocycles. The highest BCUT2D eigenvalue weighted by Crippen LogP contribution is 2.25. The first-order chi connectivity index (χ1) is 11.2. The first-order valence-electron chi connectivity index (χ1n) is 7.44. The van der Waals surface area contributed by atoms with Crippen LogP contribution in [0, 0.1) is 0 Å². The summed E-state index contributed by atoms with van der Waals surface area (Å²) in [4.78, 5) is 13.7. The quantitative estimate of drug-likeness (QED) is 0.571. The Morgan fingerprint density at radius 1 is 1.13 bits per heavy atom. The van der Waals surface area contributed by atoms with Gasteiger partial charge in [0.2, 0.25) is 0 Å². The predicted octanol–water partition coefficient (Wildman–Crippen LogP) is 4.03. The SMILES string of the molecule is C=CCN(c1ccc(Oc2ccccc2)cc1)[C@@H](C)C(=O)OC. The number of benzene rings is 2. The number of para-hydroxylation sites is 1. The normalized spacial score (nSPS) is 11.4. The molecule has 120 valence electrons. The van der Waals surface area contributed by atoms with Crippen LogP contribution in [0.1, 0.15) is 6.92 Å². The Morgan fingerprint density at radius 3 is 2.30 bits per heavy atom. The van der Waals surface area contributed by atoms with Gasteiger partial charge in [0.25, 0.3) is 0 Å². The first-order valence-corrected chi connectivity index (χ1v) is 7.44. The summed E-state index contributed by atoms with van der Waals surface area (Å²) in [6.45, 7) is 6.11. The second kappa shape index (κ2) is 8.03. The molecule has 0 unspecified atom stereocenters. The van der Waals surface area contributed by atoms with Gasteiger partial charge in [-0.25, -0.2) is 4.79 Å². The fourth-order valence-corrected chi connectivity index (χ4v) is 2.25. The van der Waals surface area contributed by atoms with Crippen molar-refractivity contribution < 1.29 is 14.3 Å². The van der Waals surface area contributed by atoms with E-state index in [2.05, 4.69) is 6.58 Å². The van der Waals surface area contributed by atoms with Crippen molar-refractivity contribution in [2.75, 3.05) is 18.6 Å². The topological polar surface area (TPSA) is 38.8 Å². The van der Waals surface area contributed by atoms with Gasteiger partial charge in [-0.15, -0.1) is 6.58 Å². The van der Waals surface area contributed by atoms with Crippen LogP contribution >= 0.6 is 0 Å². The third kappa shape index (κ3) is 4.36. The van der Waals surface area contributed by atoms with Crippen LogP contribution in [0.15, 0.2) is 67.3 Å². The minimum atomic E-state index is -0.390. The van der Waals surface area contributed by atoms with Gasteiger partial charge in [-0.3, -0.25) is 0 Å². The monoisotopic (exact) mass is 311 g/mol. The standard InChI is InChI=1S/C19H21NO3/c1-4-14-20(15(2)19(21)22-3)16-10-12-18(13-11-16)23-17-8-6-5-7-9-17/h4-13,15H,1,14H2,2-3H3/t15-/m0/s1. The zero-order valence-electron chi connectivity index (χ0n) is 13.4. The van der Waals surface area contributed by atoms with Crippen molar-refractivity contribution in [1.82, 2.24) is 0 Å². The van der Waals surface area contributed by atoms with Gasteiger partial charge in [-0.05, 0) is 43.3 Å². The number of carbonyl (C=O) groups excluding carboxylic acids is 1. The molecule has 4 heteroatoms. The molecule has 0 spiro atoms. The summed E-state index contributed by atoms with van der Waals surface area (Å²) in [6, 6.07) is 16.8. The lowest BCUT2D eigenvalue weighted by atomic mass is 10.2. The molecule has 0 aliphatic carbocycles. The lowest BCUT2D eigenvalue weighted by molar-refractivity contribution is -0.141. The van der Waals surface area contributed by atoms with Crippen molar-refractivity contribution in [3.8, 4) is 11.5 Å². The molecule has 2 rings (SSSR count). The highest BCUT2D eigenvalue weighted by Gasteiger charge is 2.21. The Kier molecular flexibility index (Phi) is 5.80. The van der Waals surface area contributed by atoms with E-state index >= 15 is 0 Å². The van der Waals surface area contributed by atoms with Gasteiger partial charge in [-0.2, -0.15) is 0 Å². The molecule has 0 saturated carbocycles. The van der Waals surface area contributed by atoms with Crippen LogP contribution < -0.4 is 9.64 Å². The second-order valence-electron chi connectivity index (χ2n) is 5.05. The molecule has 0 radical (unpaired) electrons. The molecule has 0 amide bonds. The number of methoxy groups -OCH3 is 1. The number of ether oxygens (including phenoxy) is 2. The summed E-state index contributed by atoms with van der Waals surface area (Å²) in [6.07, 6.45) is 1.76. The largest absolute Gasteiger partial charge is 0.467 e. The Bertz CT molecular complexity index is 637. The van der Waals surface area contributed by atoms with Crippen LogP contribution in [0.2, 0.25) is 0 Å². The van der Waals surface area contributed by atoms with Crippen LogP contribution in [0.5, 0.6) is 11.5 Å². The average molecular weight is 311 g/mol. The van der Waals surface area contributed by atoms with Crippen LogP contribution in [0.3, 0.4) is 0 Å². The molecule has 0 aliphatic rings. The predicted molar refractivity (Wildman–Crippen MR) is 92.0 cm³/mol. The molecule has 0 N–H and O–H groups in total. The van der Waals surface area contributed by atoms with E-state index in [1.54, 1.807) is 6.08 Å². The van der Waals surface area contributed by atoms with E-state index in [1.165, 1.54) is 7.11 Å². The van der Waals surface area contributed by atoms with E-state index in [0.717, 1.165) is 17.2 Å². The fraction of sp³-hybridized carbons (Fsp3) is 0.211. The Labute approximate surface area is 137 Å². The summed E-state index contributed by atoms with van der Waals surface area (Å²) in [7, 11) is 1.39. The summed E-state index contributed by atoms with van der Waals surface area (Å²) in [5.74, 6) is 1.24. The maximum atomic E-state index is 11.8. The van der Waals surface area contributed by atoms with Crippen molar-refractivity contribution in [3.63, 3.8) is 0 Å². The molecule has 1 atom stereocenters. The van der Waals surface area contributed by atoms with Gasteiger partial charge < -0.3 is 14.4 Å². The van der Waals surface area contributed by atoms with Gasteiger partial charge in [0.1, 0.15) is 17.5 Å². The molecule has 0 aromatic heterocycles. The lowest BCUT2D eigenvalue weighted by Gasteiger charge is -2.28. The Balaban J connectivity index is 2.15. The zero-order valence-corrected chi connectivity index (χ0v) is 13.4. The maximum absolute atomic E-state index is 11.8. The summed E-state index contributed by atoms with van der Waals surface area (Å²) in [5, 5.41) is 0. The molecule has 2 aromatic carbocycles. The van der Waals surface area contributed by atoms with Crippen LogP contribution in [0.4, 0.5) is 5.69 Å². The van der Waals surface area contributed by atoms with E-state index in [4.69, 9.17) is 9.47 Å². The minimum absolute atomic E-state index is 0.281. The van der Waals surface area contributed by atoms with E-state index < -0.39 is 0 Å². The van der Waals surface area contributed by atoms with Gasteiger partial charge in [0.05, 0.1) is 7.11 Å². The van der Waals surface area contributed by atoms with E-state index in [1.807, 2.05) is 66.4 Å². The number of esters is 1. The molecule has 2 aromatic rings. The van der Waals surface area contributed by atoms with Crippen LogP contribution in [-0.4, -0.2) is 25.7 Å². The Morgan fingerprint density at radius 2 is 1.74 bits per heavy atom. The van der Waals surface area contributed by atoms with E-state index in [9.17, 15) is 4.79 Å². The molecule has 0 saturated heterocycles. The van der Waals surface area contributed by atoms with E-state index in [0.29, 0.717) is 6.54 Å². The average Bonchev–Trinajstić information content (AvgIpc) is 2.60. The van der Waals surface area contributed by atoms with Crippen molar-refractivity contribution in [1.29, 1.82) is 0 Å². The van der Waals surface area contributed by atoms with E-state index in [-0.39, 0.29) is 12.0 Å². The van der Waals surface area contributed by atoms with Gasteiger partial charge in [0, 0.05) is 12.2 Å².